The molecule has 8 aromatic carbocycles. The van der Waals surface area contributed by atoms with Crippen molar-refractivity contribution in [1.82, 2.24) is 24.1 Å². The minimum absolute atomic E-state index is 0.594. The first-order valence-electron chi connectivity index (χ1n) is 21.1. The second-order valence-corrected chi connectivity index (χ2v) is 15.9. The zero-order valence-corrected chi connectivity index (χ0v) is 33.6. The highest BCUT2D eigenvalue weighted by molar-refractivity contribution is 6.26. The zero-order chi connectivity index (χ0) is 40.4. The number of para-hydroxylation sites is 2. The molecular weight excluding hydrogens is 747 g/mol. The molecule has 0 aliphatic rings. The summed E-state index contributed by atoms with van der Waals surface area (Å²) in [6, 6.07) is 64.4. The Morgan fingerprint density at radius 1 is 0.426 bits per heavy atom. The van der Waals surface area contributed by atoms with Gasteiger partial charge >= 0.3 is 0 Å². The van der Waals surface area contributed by atoms with Crippen LogP contribution in [-0.2, 0) is 6.42 Å². The molecule has 0 radical (unpaired) electrons. The van der Waals surface area contributed by atoms with E-state index < -0.39 is 0 Å². The fourth-order valence-corrected chi connectivity index (χ4v) is 9.23. The highest BCUT2D eigenvalue weighted by atomic mass is 16.3. The number of furan rings is 1. The Kier molecular flexibility index (Phi) is 8.17. The number of fused-ring (bicyclic) bond motifs is 10. The number of unbranched alkanes of at least 4 members (excludes halogenated alkanes) is 1. The normalized spacial score (nSPS) is 11.9. The standard InChI is InChI=1S/C55H39N5O/c1-2-3-14-35-23-26-39(27-24-35)59-47-22-13-11-20-44(47)51-48(59)31-30-43-41-19-10-12-21-46(41)60(52(43)51)40-28-32-49-45(34-40)42-29-25-38(33-50(42)61-49)55-57-53(36-15-6-4-7-16-36)56-54(58-55)37-17-8-5-9-18-37/h4-13,15-34H,2-3,14H2,1H3. The van der Waals surface area contributed by atoms with Gasteiger partial charge in [0.15, 0.2) is 17.5 Å². The molecule has 0 bridgehead atoms. The van der Waals surface area contributed by atoms with Crippen LogP contribution in [0.3, 0.4) is 0 Å². The summed E-state index contributed by atoms with van der Waals surface area (Å²) in [5, 5.41) is 7.00. The third kappa shape index (κ3) is 5.75. The van der Waals surface area contributed by atoms with Crippen molar-refractivity contribution in [3.05, 3.63) is 188 Å². The average Bonchev–Trinajstić information content (AvgIpc) is 3.98. The van der Waals surface area contributed by atoms with Crippen LogP contribution in [0.5, 0.6) is 0 Å². The monoisotopic (exact) mass is 785 g/mol. The lowest BCUT2D eigenvalue weighted by atomic mass is 10.1. The first-order chi connectivity index (χ1) is 30.2. The predicted molar refractivity (Wildman–Crippen MR) is 251 cm³/mol. The topological polar surface area (TPSA) is 61.7 Å². The Morgan fingerprint density at radius 2 is 1.03 bits per heavy atom. The lowest BCUT2D eigenvalue weighted by molar-refractivity contribution is 0.669. The molecule has 6 heteroatoms. The Bertz CT molecular complexity index is 3560. The highest BCUT2D eigenvalue weighted by Crippen LogP contribution is 2.43. The SMILES string of the molecule is CCCCc1ccc(-n2c3ccccc3c3c2ccc2c4ccccc4n(-c4ccc5oc6cc(-c7nc(-c8ccccc8)nc(-c8ccccc8)n7)ccc6c5c4)c23)cc1. The van der Waals surface area contributed by atoms with E-state index in [2.05, 4.69) is 137 Å². The summed E-state index contributed by atoms with van der Waals surface area (Å²) in [4.78, 5) is 14.8. The van der Waals surface area contributed by atoms with Gasteiger partial charge < -0.3 is 13.6 Å². The zero-order valence-electron chi connectivity index (χ0n) is 33.6. The molecule has 0 unspecified atom stereocenters. The van der Waals surface area contributed by atoms with E-state index in [0.717, 1.165) is 56.3 Å². The maximum absolute atomic E-state index is 6.62. The quantitative estimate of drug-likeness (QED) is 0.154. The maximum Gasteiger partial charge on any atom is 0.164 e. The van der Waals surface area contributed by atoms with E-state index in [9.17, 15) is 0 Å². The third-order valence-electron chi connectivity index (χ3n) is 12.2. The summed E-state index contributed by atoms with van der Waals surface area (Å²) < 4.78 is 11.5. The van der Waals surface area contributed by atoms with Crippen LogP contribution in [0.2, 0.25) is 0 Å². The van der Waals surface area contributed by atoms with Crippen LogP contribution < -0.4 is 0 Å². The molecule has 0 saturated carbocycles. The molecule has 0 saturated heterocycles. The number of benzene rings is 8. The van der Waals surface area contributed by atoms with Crippen molar-refractivity contribution >= 4 is 65.6 Å². The highest BCUT2D eigenvalue weighted by Gasteiger charge is 2.22. The molecule has 0 fully saturated rings. The van der Waals surface area contributed by atoms with Crippen LogP contribution in [-0.4, -0.2) is 24.1 Å². The first kappa shape index (κ1) is 35.1. The van der Waals surface area contributed by atoms with E-state index in [4.69, 9.17) is 19.4 Å². The number of rotatable bonds is 8. The molecule has 290 valence electrons. The second kappa shape index (κ2) is 14.2. The fraction of sp³-hybridized carbons (Fsp3) is 0.0727. The van der Waals surface area contributed by atoms with E-state index in [-0.39, 0.29) is 0 Å². The van der Waals surface area contributed by atoms with Gasteiger partial charge in [-0.15, -0.1) is 0 Å². The van der Waals surface area contributed by atoms with Crippen LogP contribution in [0.15, 0.2) is 186 Å². The van der Waals surface area contributed by atoms with Gasteiger partial charge in [0.25, 0.3) is 0 Å². The van der Waals surface area contributed by atoms with Crippen molar-refractivity contribution in [1.29, 1.82) is 0 Å². The second-order valence-electron chi connectivity index (χ2n) is 15.9. The van der Waals surface area contributed by atoms with E-state index in [1.54, 1.807) is 0 Å². The van der Waals surface area contributed by atoms with E-state index in [1.165, 1.54) is 62.2 Å². The molecule has 12 rings (SSSR count). The van der Waals surface area contributed by atoms with Crippen LogP contribution >= 0.6 is 0 Å². The van der Waals surface area contributed by atoms with Crippen LogP contribution in [0.25, 0.3) is 111 Å². The molecule has 4 aromatic heterocycles. The minimum atomic E-state index is 0.594. The minimum Gasteiger partial charge on any atom is -0.456 e. The van der Waals surface area contributed by atoms with Crippen molar-refractivity contribution in [2.45, 2.75) is 26.2 Å². The van der Waals surface area contributed by atoms with Crippen molar-refractivity contribution in [2.24, 2.45) is 0 Å². The fourth-order valence-electron chi connectivity index (χ4n) is 9.23. The number of aromatic nitrogens is 5. The average molecular weight is 786 g/mol. The molecule has 0 aliphatic heterocycles. The maximum atomic E-state index is 6.62. The van der Waals surface area contributed by atoms with Gasteiger partial charge in [0.1, 0.15) is 11.2 Å². The van der Waals surface area contributed by atoms with Gasteiger partial charge in [0.05, 0.1) is 22.1 Å². The molecule has 61 heavy (non-hydrogen) atoms. The third-order valence-corrected chi connectivity index (χ3v) is 12.2. The molecule has 4 heterocycles. The van der Waals surface area contributed by atoms with Gasteiger partial charge in [-0.2, -0.15) is 0 Å². The van der Waals surface area contributed by atoms with Gasteiger partial charge in [-0.3, -0.25) is 0 Å². The van der Waals surface area contributed by atoms with Gasteiger partial charge in [-0.25, -0.2) is 15.0 Å². The molecule has 12 aromatic rings. The van der Waals surface area contributed by atoms with Crippen LogP contribution in [0.4, 0.5) is 0 Å². The molecule has 0 spiro atoms. The van der Waals surface area contributed by atoms with Crippen LogP contribution in [0, 0.1) is 0 Å². The number of aryl methyl sites for hydroxylation is 1. The lowest BCUT2D eigenvalue weighted by Gasteiger charge is -2.11. The number of nitrogens with zero attached hydrogens (tertiary/aromatic N) is 5. The van der Waals surface area contributed by atoms with Gasteiger partial charge in [-0.05, 0) is 79.1 Å². The summed E-state index contributed by atoms with van der Waals surface area (Å²) in [7, 11) is 0. The van der Waals surface area contributed by atoms with Crippen molar-refractivity contribution in [2.75, 3.05) is 0 Å². The van der Waals surface area contributed by atoms with E-state index in [0.29, 0.717) is 17.5 Å². The van der Waals surface area contributed by atoms with Gasteiger partial charge in [-0.1, -0.05) is 135 Å². The largest absolute Gasteiger partial charge is 0.456 e. The van der Waals surface area contributed by atoms with Crippen molar-refractivity contribution < 1.29 is 4.42 Å². The van der Waals surface area contributed by atoms with Gasteiger partial charge in [0.2, 0.25) is 0 Å². The summed E-state index contributed by atoms with van der Waals surface area (Å²) >= 11 is 0. The van der Waals surface area contributed by atoms with Crippen molar-refractivity contribution in [3.63, 3.8) is 0 Å². The van der Waals surface area contributed by atoms with Crippen LogP contribution in [0.1, 0.15) is 25.3 Å². The molecule has 0 aliphatic carbocycles. The summed E-state index contributed by atoms with van der Waals surface area (Å²) in [5.41, 5.74) is 12.7. The predicted octanol–water partition coefficient (Wildman–Crippen LogP) is 14.3. The number of hydrogen-bond acceptors (Lipinski definition) is 4. The Morgan fingerprint density at radius 3 is 1.74 bits per heavy atom. The van der Waals surface area contributed by atoms with Gasteiger partial charge in [0, 0.05) is 60.4 Å². The molecule has 6 nitrogen and oxygen atoms in total. The lowest BCUT2D eigenvalue weighted by Crippen LogP contribution is -2.00. The van der Waals surface area contributed by atoms with E-state index in [1.807, 2.05) is 60.7 Å². The first-order valence-corrected chi connectivity index (χ1v) is 21.1. The summed E-state index contributed by atoms with van der Waals surface area (Å²) in [6.07, 6.45) is 3.50. The molecule has 0 atom stereocenters. The Hall–Kier alpha value is -7.83. The Balaban J connectivity index is 1.03. The number of hydrogen-bond donors (Lipinski definition) is 0. The Labute approximate surface area is 352 Å². The van der Waals surface area contributed by atoms with E-state index >= 15 is 0 Å². The smallest absolute Gasteiger partial charge is 0.164 e. The summed E-state index contributed by atoms with van der Waals surface area (Å²) in [6.45, 7) is 2.25. The molecule has 0 amide bonds. The molecular formula is C55H39N5O. The van der Waals surface area contributed by atoms with Crippen molar-refractivity contribution in [3.8, 4) is 45.5 Å². The summed E-state index contributed by atoms with van der Waals surface area (Å²) in [5.74, 6) is 1.85. The molecule has 0 N–H and O–H groups in total.